The number of carbonyl (C=O) groups excluding carboxylic acids is 1. The number of phenols is 1. The van der Waals surface area contributed by atoms with E-state index in [1.165, 1.54) is 12.1 Å². The van der Waals surface area contributed by atoms with Crippen molar-refractivity contribution in [3.8, 4) is 5.75 Å². The quantitative estimate of drug-likeness (QED) is 0.861. The number of rotatable bonds is 3. The van der Waals surface area contributed by atoms with Crippen LogP contribution in [-0.2, 0) is 4.74 Å². The second-order valence-corrected chi connectivity index (χ2v) is 4.55. The SMILES string of the molecule is CC(NC(=O)c1ccc(O)cc1F)C1CCOC1. The minimum Gasteiger partial charge on any atom is -0.508 e. The van der Waals surface area contributed by atoms with Gasteiger partial charge < -0.3 is 15.2 Å². The fourth-order valence-electron chi connectivity index (χ4n) is 2.04. The summed E-state index contributed by atoms with van der Waals surface area (Å²) >= 11 is 0. The van der Waals surface area contributed by atoms with Crippen molar-refractivity contribution in [2.45, 2.75) is 19.4 Å². The molecule has 1 aliphatic heterocycles. The molecule has 2 unspecified atom stereocenters. The summed E-state index contributed by atoms with van der Waals surface area (Å²) < 4.78 is 18.7. The van der Waals surface area contributed by atoms with Gasteiger partial charge in [-0.3, -0.25) is 4.79 Å². The number of phenolic OH excluding ortho intramolecular Hbond substituents is 1. The molecule has 1 saturated heterocycles. The Bertz CT molecular complexity index is 444. The maximum Gasteiger partial charge on any atom is 0.254 e. The van der Waals surface area contributed by atoms with Crippen LogP contribution in [0.15, 0.2) is 18.2 Å². The topological polar surface area (TPSA) is 58.6 Å². The number of amides is 1. The van der Waals surface area contributed by atoms with Crippen LogP contribution in [0, 0.1) is 11.7 Å². The van der Waals surface area contributed by atoms with E-state index >= 15 is 0 Å². The van der Waals surface area contributed by atoms with E-state index in [0.717, 1.165) is 12.5 Å². The van der Waals surface area contributed by atoms with Crippen LogP contribution in [0.1, 0.15) is 23.7 Å². The van der Waals surface area contributed by atoms with E-state index in [0.29, 0.717) is 13.2 Å². The Labute approximate surface area is 105 Å². The molecule has 4 nitrogen and oxygen atoms in total. The third kappa shape index (κ3) is 2.79. The predicted octanol–water partition coefficient (Wildman–Crippen LogP) is 1.69. The number of hydrogen-bond acceptors (Lipinski definition) is 3. The fraction of sp³-hybridized carbons (Fsp3) is 0.462. The molecule has 2 atom stereocenters. The van der Waals surface area contributed by atoms with Gasteiger partial charge in [0, 0.05) is 24.6 Å². The van der Waals surface area contributed by atoms with Crippen LogP contribution in [0.25, 0.3) is 0 Å². The Balaban J connectivity index is 2.02. The van der Waals surface area contributed by atoms with E-state index in [-0.39, 0.29) is 23.3 Å². The summed E-state index contributed by atoms with van der Waals surface area (Å²) in [5, 5.41) is 11.8. The van der Waals surface area contributed by atoms with Crippen LogP contribution in [0.3, 0.4) is 0 Å². The highest BCUT2D eigenvalue weighted by Gasteiger charge is 2.24. The maximum absolute atomic E-state index is 13.5. The molecule has 1 aromatic rings. The van der Waals surface area contributed by atoms with Crippen LogP contribution in [0.4, 0.5) is 4.39 Å². The average molecular weight is 253 g/mol. The molecule has 1 amide bonds. The van der Waals surface area contributed by atoms with Gasteiger partial charge in [-0.25, -0.2) is 4.39 Å². The molecule has 2 N–H and O–H groups in total. The lowest BCUT2D eigenvalue weighted by Gasteiger charge is -2.19. The lowest BCUT2D eigenvalue weighted by Crippen LogP contribution is -2.38. The van der Waals surface area contributed by atoms with E-state index in [2.05, 4.69) is 5.32 Å². The molecular formula is C13H16FNO3. The maximum atomic E-state index is 13.5. The molecule has 0 aliphatic carbocycles. The molecule has 1 heterocycles. The zero-order valence-electron chi connectivity index (χ0n) is 10.1. The largest absolute Gasteiger partial charge is 0.508 e. The van der Waals surface area contributed by atoms with E-state index in [4.69, 9.17) is 9.84 Å². The summed E-state index contributed by atoms with van der Waals surface area (Å²) in [5.41, 5.74) is -0.0569. The Morgan fingerprint density at radius 1 is 1.61 bits per heavy atom. The monoisotopic (exact) mass is 253 g/mol. The number of aromatic hydroxyl groups is 1. The first-order chi connectivity index (χ1) is 8.58. The molecule has 1 aliphatic rings. The predicted molar refractivity (Wildman–Crippen MR) is 63.9 cm³/mol. The van der Waals surface area contributed by atoms with Gasteiger partial charge >= 0.3 is 0 Å². The first-order valence-electron chi connectivity index (χ1n) is 5.95. The molecule has 0 radical (unpaired) electrons. The van der Waals surface area contributed by atoms with Crippen molar-refractivity contribution in [1.29, 1.82) is 0 Å². The summed E-state index contributed by atoms with van der Waals surface area (Å²) in [6.45, 7) is 3.22. The van der Waals surface area contributed by atoms with Gasteiger partial charge in [-0.1, -0.05) is 0 Å². The fourth-order valence-corrected chi connectivity index (χ4v) is 2.04. The Morgan fingerprint density at radius 2 is 2.39 bits per heavy atom. The third-order valence-electron chi connectivity index (χ3n) is 3.23. The van der Waals surface area contributed by atoms with Crippen LogP contribution in [0.2, 0.25) is 0 Å². The molecule has 2 rings (SSSR count). The highest BCUT2D eigenvalue weighted by Crippen LogP contribution is 2.18. The van der Waals surface area contributed by atoms with Crippen LogP contribution in [-0.4, -0.2) is 30.3 Å². The molecule has 0 aromatic heterocycles. The summed E-state index contributed by atoms with van der Waals surface area (Å²) in [6.07, 6.45) is 0.902. The van der Waals surface area contributed by atoms with Gasteiger partial charge in [0.25, 0.3) is 5.91 Å². The molecule has 0 bridgehead atoms. The minimum atomic E-state index is -0.720. The van der Waals surface area contributed by atoms with Gasteiger partial charge in [0.1, 0.15) is 11.6 Å². The van der Waals surface area contributed by atoms with Gasteiger partial charge in [0.2, 0.25) is 0 Å². The van der Waals surface area contributed by atoms with Gasteiger partial charge in [-0.2, -0.15) is 0 Å². The lowest BCUT2D eigenvalue weighted by molar-refractivity contribution is 0.0918. The Kier molecular flexibility index (Phi) is 3.81. The standard InChI is InChI=1S/C13H16FNO3/c1-8(9-4-5-18-7-9)15-13(17)11-3-2-10(16)6-12(11)14/h2-3,6,8-9,16H,4-5,7H2,1H3,(H,15,17). The van der Waals surface area contributed by atoms with E-state index in [1.54, 1.807) is 0 Å². The van der Waals surface area contributed by atoms with Gasteiger partial charge in [0.05, 0.1) is 12.2 Å². The molecule has 1 aromatic carbocycles. The highest BCUT2D eigenvalue weighted by atomic mass is 19.1. The number of benzene rings is 1. The van der Waals surface area contributed by atoms with Crippen LogP contribution < -0.4 is 5.32 Å². The van der Waals surface area contributed by atoms with Crippen molar-refractivity contribution in [2.75, 3.05) is 13.2 Å². The Hall–Kier alpha value is -1.62. The summed E-state index contributed by atoms with van der Waals surface area (Å²) in [7, 11) is 0. The summed E-state index contributed by atoms with van der Waals surface area (Å²) in [4.78, 5) is 11.9. The molecule has 18 heavy (non-hydrogen) atoms. The van der Waals surface area contributed by atoms with Crippen molar-refractivity contribution in [3.63, 3.8) is 0 Å². The van der Waals surface area contributed by atoms with Crippen molar-refractivity contribution < 1.29 is 19.0 Å². The number of nitrogens with one attached hydrogen (secondary N) is 1. The highest BCUT2D eigenvalue weighted by molar-refractivity contribution is 5.94. The van der Waals surface area contributed by atoms with E-state index in [9.17, 15) is 9.18 Å². The molecular weight excluding hydrogens is 237 g/mol. The molecule has 5 heteroatoms. The lowest BCUT2D eigenvalue weighted by atomic mass is 10.0. The normalized spacial score (nSPS) is 20.7. The smallest absolute Gasteiger partial charge is 0.254 e. The zero-order chi connectivity index (χ0) is 13.1. The second-order valence-electron chi connectivity index (χ2n) is 4.55. The third-order valence-corrected chi connectivity index (χ3v) is 3.23. The number of ether oxygens (including phenoxy) is 1. The summed E-state index contributed by atoms with van der Waals surface area (Å²) in [6, 6.07) is 3.44. The first kappa shape index (κ1) is 12.8. The molecule has 1 fully saturated rings. The van der Waals surface area contributed by atoms with Gasteiger partial charge in [-0.15, -0.1) is 0 Å². The zero-order valence-corrected chi connectivity index (χ0v) is 10.1. The van der Waals surface area contributed by atoms with Crippen molar-refractivity contribution >= 4 is 5.91 Å². The molecule has 98 valence electrons. The molecule has 0 spiro atoms. The van der Waals surface area contributed by atoms with Crippen molar-refractivity contribution in [1.82, 2.24) is 5.32 Å². The van der Waals surface area contributed by atoms with E-state index in [1.807, 2.05) is 6.92 Å². The average Bonchev–Trinajstić information content (AvgIpc) is 2.81. The number of carbonyl (C=O) groups is 1. The van der Waals surface area contributed by atoms with Crippen LogP contribution >= 0.6 is 0 Å². The van der Waals surface area contributed by atoms with Crippen LogP contribution in [0.5, 0.6) is 5.75 Å². The van der Waals surface area contributed by atoms with E-state index < -0.39 is 11.7 Å². The Morgan fingerprint density at radius 3 is 3.00 bits per heavy atom. The summed E-state index contributed by atoms with van der Waals surface area (Å²) in [5.74, 6) is -1.11. The molecule has 0 saturated carbocycles. The number of halogens is 1. The van der Waals surface area contributed by atoms with Gasteiger partial charge in [0.15, 0.2) is 0 Å². The number of hydrogen-bond donors (Lipinski definition) is 2. The first-order valence-corrected chi connectivity index (χ1v) is 5.95. The van der Waals surface area contributed by atoms with Crippen molar-refractivity contribution in [2.24, 2.45) is 5.92 Å². The van der Waals surface area contributed by atoms with Gasteiger partial charge in [-0.05, 0) is 25.5 Å². The van der Waals surface area contributed by atoms with Crippen molar-refractivity contribution in [3.05, 3.63) is 29.6 Å². The second kappa shape index (κ2) is 5.35. The minimum absolute atomic E-state index is 0.0569.